The van der Waals surface area contributed by atoms with E-state index in [-0.39, 0.29) is 6.61 Å². The third-order valence-corrected chi connectivity index (χ3v) is 5.21. The molecule has 0 amide bonds. The minimum absolute atomic E-state index is 0.193. The van der Waals surface area contributed by atoms with Crippen molar-refractivity contribution in [2.24, 2.45) is 0 Å². The van der Waals surface area contributed by atoms with Gasteiger partial charge in [0, 0.05) is 29.0 Å². The molecular weight excluding hydrogens is 410 g/mol. The smallest absolute Gasteiger partial charge is 0.336 e. The molecule has 5 rings (SSSR count). The standard InChI is InChI=1S/C24H19N3O5/c1-14-3-5-20-16(9-24(29)31-21(20)7-14)11-27-12-17(25-26-27)13-30-18-4-6-19-15(2)8-23(28)32-22(19)10-18/h3-10,12H,11,13H2,1-2H3. The van der Waals surface area contributed by atoms with Crippen molar-refractivity contribution in [1.29, 1.82) is 0 Å². The van der Waals surface area contributed by atoms with Crippen LogP contribution in [0.5, 0.6) is 5.75 Å². The van der Waals surface area contributed by atoms with Crippen molar-refractivity contribution < 1.29 is 13.6 Å². The second kappa shape index (κ2) is 7.81. The first-order chi connectivity index (χ1) is 15.4. The summed E-state index contributed by atoms with van der Waals surface area (Å²) in [5, 5.41) is 10.0. The van der Waals surface area contributed by atoms with Gasteiger partial charge in [0.25, 0.3) is 0 Å². The molecule has 0 bridgehead atoms. The summed E-state index contributed by atoms with van der Waals surface area (Å²) in [6, 6.07) is 14.0. The average molecular weight is 429 g/mol. The van der Waals surface area contributed by atoms with Gasteiger partial charge in [0.1, 0.15) is 29.2 Å². The van der Waals surface area contributed by atoms with Crippen molar-refractivity contribution in [1.82, 2.24) is 15.0 Å². The van der Waals surface area contributed by atoms with E-state index in [9.17, 15) is 9.59 Å². The summed E-state index contributed by atoms with van der Waals surface area (Å²) in [5.74, 6) is 0.558. The molecule has 2 aromatic carbocycles. The summed E-state index contributed by atoms with van der Waals surface area (Å²) in [5.41, 5.74) is 3.51. The molecule has 0 fully saturated rings. The number of hydrogen-bond donors (Lipinski definition) is 0. The van der Waals surface area contributed by atoms with Crippen LogP contribution in [-0.4, -0.2) is 15.0 Å². The van der Waals surface area contributed by atoms with Crippen LogP contribution in [0.3, 0.4) is 0 Å². The summed E-state index contributed by atoms with van der Waals surface area (Å²) >= 11 is 0. The van der Waals surface area contributed by atoms with E-state index in [4.69, 9.17) is 13.6 Å². The number of rotatable bonds is 5. The lowest BCUT2D eigenvalue weighted by atomic mass is 10.1. The number of fused-ring (bicyclic) bond motifs is 2. The van der Waals surface area contributed by atoms with Crippen LogP contribution in [0.2, 0.25) is 0 Å². The van der Waals surface area contributed by atoms with Gasteiger partial charge in [0.05, 0.1) is 12.7 Å². The molecule has 3 heterocycles. The van der Waals surface area contributed by atoms with Crippen molar-refractivity contribution in [3.8, 4) is 5.75 Å². The van der Waals surface area contributed by atoms with Gasteiger partial charge in [0.15, 0.2) is 0 Å². The van der Waals surface area contributed by atoms with Crippen molar-refractivity contribution in [2.75, 3.05) is 0 Å². The van der Waals surface area contributed by atoms with E-state index >= 15 is 0 Å². The van der Waals surface area contributed by atoms with Gasteiger partial charge in [-0.25, -0.2) is 14.3 Å². The number of aromatic nitrogens is 3. The molecule has 0 aliphatic heterocycles. The predicted molar refractivity (Wildman–Crippen MR) is 118 cm³/mol. The van der Waals surface area contributed by atoms with Crippen molar-refractivity contribution in [3.63, 3.8) is 0 Å². The Morgan fingerprint density at radius 1 is 0.906 bits per heavy atom. The van der Waals surface area contributed by atoms with Crippen molar-refractivity contribution in [3.05, 3.63) is 98.0 Å². The largest absolute Gasteiger partial charge is 0.487 e. The second-order valence-electron chi connectivity index (χ2n) is 7.69. The van der Waals surface area contributed by atoms with E-state index in [2.05, 4.69) is 10.3 Å². The van der Waals surface area contributed by atoms with E-state index in [1.165, 1.54) is 12.1 Å². The molecule has 0 radical (unpaired) electrons. The third-order valence-electron chi connectivity index (χ3n) is 5.21. The Morgan fingerprint density at radius 3 is 2.50 bits per heavy atom. The van der Waals surface area contributed by atoms with Crippen LogP contribution >= 0.6 is 0 Å². The first-order valence-corrected chi connectivity index (χ1v) is 10.0. The monoisotopic (exact) mass is 429 g/mol. The minimum Gasteiger partial charge on any atom is -0.487 e. The lowest BCUT2D eigenvalue weighted by Gasteiger charge is -2.06. The van der Waals surface area contributed by atoms with Gasteiger partial charge in [-0.3, -0.25) is 0 Å². The molecule has 0 aliphatic carbocycles. The van der Waals surface area contributed by atoms with Gasteiger partial charge in [-0.15, -0.1) is 5.10 Å². The minimum atomic E-state index is -0.403. The van der Waals surface area contributed by atoms with E-state index < -0.39 is 11.3 Å². The highest BCUT2D eigenvalue weighted by Crippen LogP contribution is 2.23. The highest BCUT2D eigenvalue weighted by molar-refractivity contribution is 5.81. The Morgan fingerprint density at radius 2 is 1.66 bits per heavy atom. The lowest BCUT2D eigenvalue weighted by Crippen LogP contribution is -2.06. The molecule has 0 unspecified atom stereocenters. The van der Waals surface area contributed by atoms with E-state index in [0.29, 0.717) is 29.2 Å². The molecule has 160 valence electrons. The molecule has 32 heavy (non-hydrogen) atoms. The molecule has 0 spiro atoms. The van der Waals surface area contributed by atoms with Crippen LogP contribution in [0.25, 0.3) is 21.9 Å². The SMILES string of the molecule is Cc1ccc2c(Cn3cc(COc4ccc5c(C)cc(=O)oc5c4)nn3)cc(=O)oc2c1. The maximum atomic E-state index is 11.9. The van der Waals surface area contributed by atoms with Gasteiger partial charge < -0.3 is 13.6 Å². The predicted octanol–water partition coefficient (Wildman–Crippen LogP) is 3.74. The zero-order chi connectivity index (χ0) is 22.2. The summed E-state index contributed by atoms with van der Waals surface area (Å²) < 4.78 is 18.0. The Bertz CT molecular complexity index is 1580. The Labute approximate surface area is 181 Å². The van der Waals surface area contributed by atoms with Crippen molar-refractivity contribution in [2.45, 2.75) is 27.0 Å². The zero-order valence-corrected chi connectivity index (χ0v) is 17.5. The van der Waals surface area contributed by atoms with Gasteiger partial charge in [-0.05, 0) is 48.7 Å². The molecule has 0 N–H and O–H groups in total. The topological polar surface area (TPSA) is 100 Å². The van der Waals surface area contributed by atoms with Crippen LogP contribution in [-0.2, 0) is 13.2 Å². The maximum absolute atomic E-state index is 11.9. The number of ether oxygens (including phenoxy) is 1. The molecule has 8 heteroatoms. The number of aryl methyl sites for hydroxylation is 2. The third kappa shape index (κ3) is 3.90. The molecule has 0 saturated carbocycles. The summed E-state index contributed by atoms with van der Waals surface area (Å²) in [7, 11) is 0. The normalized spacial score (nSPS) is 11.3. The maximum Gasteiger partial charge on any atom is 0.336 e. The van der Waals surface area contributed by atoms with Gasteiger partial charge in [-0.1, -0.05) is 17.3 Å². The molecular formula is C24H19N3O5. The number of nitrogens with zero attached hydrogens (tertiary/aromatic N) is 3. The summed E-state index contributed by atoms with van der Waals surface area (Å²) in [4.78, 5) is 23.6. The second-order valence-corrected chi connectivity index (χ2v) is 7.69. The summed E-state index contributed by atoms with van der Waals surface area (Å²) in [6.07, 6.45) is 1.76. The quantitative estimate of drug-likeness (QED) is 0.392. The van der Waals surface area contributed by atoms with Crippen LogP contribution in [0.1, 0.15) is 22.4 Å². The molecule has 5 aromatic rings. The highest BCUT2D eigenvalue weighted by atomic mass is 16.5. The highest BCUT2D eigenvalue weighted by Gasteiger charge is 2.10. The summed E-state index contributed by atoms with van der Waals surface area (Å²) in [6.45, 7) is 4.37. The van der Waals surface area contributed by atoms with Gasteiger partial charge in [0.2, 0.25) is 0 Å². The fourth-order valence-corrected chi connectivity index (χ4v) is 3.68. The first kappa shape index (κ1) is 19.7. The Kier molecular flexibility index (Phi) is 4.82. The molecule has 0 aliphatic rings. The molecule has 0 atom stereocenters. The zero-order valence-electron chi connectivity index (χ0n) is 17.5. The van der Waals surface area contributed by atoms with Crippen LogP contribution in [0.4, 0.5) is 0 Å². The van der Waals surface area contributed by atoms with E-state index in [0.717, 1.165) is 27.5 Å². The Balaban J connectivity index is 1.34. The van der Waals surface area contributed by atoms with E-state index in [1.54, 1.807) is 16.9 Å². The van der Waals surface area contributed by atoms with Gasteiger partial charge >= 0.3 is 11.3 Å². The van der Waals surface area contributed by atoms with Crippen LogP contribution in [0, 0.1) is 13.8 Å². The van der Waals surface area contributed by atoms with Crippen molar-refractivity contribution >= 4 is 21.9 Å². The number of hydrogen-bond acceptors (Lipinski definition) is 7. The number of benzene rings is 2. The first-order valence-electron chi connectivity index (χ1n) is 10.0. The molecule has 0 saturated heterocycles. The molecule has 3 aromatic heterocycles. The fraction of sp³-hybridized carbons (Fsp3) is 0.167. The van der Waals surface area contributed by atoms with Gasteiger partial charge in [-0.2, -0.15) is 0 Å². The Hall–Kier alpha value is -4.20. The average Bonchev–Trinajstić information content (AvgIpc) is 3.18. The van der Waals surface area contributed by atoms with Crippen LogP contribution < -0.4 is 16.0 Å². The van der Waals surface area contributed by atoms with E-state index in [1.807, 2.05) is 44.2 Å². The molecule has 8 nitrogen and oxygen atoms in total. The lowest BCUT2D eigenvalue weighted by molar-refractivity contribution is 0.301. The fourth-order valence-electron chi connectivity index (χ4n) is 3.68. The van der Waals surface area contributed by atoms with Crippen LogP contribution in [0.15, 0.2) is 73.2 Å².